The third-order valence-corrected chi connectivity index (χ3v) is 3.48. The van der Waals surface area contributed by atoms with Crippen molar-refractivity contribution in [2.75, 3.05) is 11.4 Å². The molecule has 88 valence electrons. The summed E-state index contributed by atoms with van der Waals surface area (Å²) in [4.78, 5) is 10.6. The summed E-state index contributed by atoms with van der Waals surface area (Å²) in [6, 6.07) is 2.40. The molecule has 2 unspecified atom stereocenters. The van der Waals surface area contributed by atoms with E-state index in [1.54, 1.807) is 6.33 Å². The summed E-state index contributed by atoms with van der Waals surface area (Å²) < 4.78 is 0. The van der Waals surface area contributed by atoms with E-state index in [2.05, 4.69) is 28.7 Å². The number of hydrogen-bond donors (Lipinski definition) is 0. The topological polar surface area (TPSA) is 29.0 Å². The van der Waals surface area contributed by atoms with Gasteiger partial charge in [0, 0.05) is 18.7 Å². The second-order valence-electron chi connectivity index (χ2n) is 4.74. The maximum Gasteiger partial charge on any atom is 0.134 e. The van der Waals surface area contributed by atoms with Crippen molar-refractivity contribution in [2.45, 2.75) is 39.2 Å². The Hall–Kier alpha value is -0.830. The Kier molecular flexibility index (Phi) is 3.64. The molecule has 1 saturated heterocycles. The van der Waals surface area contributed by atoms with Crippen molar-refractivity contribution in [2.24, 2.45) is 5.92 Å². The molecule has 4 heteroatoms. The first-order chi connectivity index (χ1) is 7.66. The van der Waals surface area contributed by atoms with Crippen molar-refractivity contribution in [3.05, 3.63) is 17.5 Å². The maximum absolute atomic E-state index is 5.91. The predicted octanol–water partition coefficient (Wildman–Crippen LogP) is 3.14. The van der Waals surface area contributed by atoms with Crippen LogP contribution in [0.4, 0.5) is 5.82 Å². The van der Waals surface area contributed by atoms with Gasteiger partial charge in [-0.05, 0) is 25.7 Å². The summed E-state index contributed by atoms with van der Waals surface area (Å²) in [6.07, 6.45) is 5.38. The van der Waals surface area contributed by atoms with Crippen molar-refractivity contribution in [1.29, 1.82) is 0 Å². The van der Waals surface area contributed by atoms with E-state index in [9.17, 15) is 0 Å². The van der Waals surface area contributed by atoms with Crippen molar-refractivity contribution >= 4 is 17.4 Å². The van der Waals surface area contributed by atoms with E-state index in [0.717, 1.165) is 18.3 Å². The molecule has 1 aromatic rings. The molecule has 0 aliphatic carbocycles. The van der Waals surface area contributed by atoms with Crippen molar-refractivity contribution in [3.63, 3.8) is 0 Å². The van der Waals surface area contributed by atoms with Crippen molar-refractivity contribution < 1.29 is 0 Å². The Balaban J connectivity index is 2.22. The van der Waals surface area contributed by atoms with Crippen LogP contribution in [-0.4, -0.2) is 22.6 Å². The van der Waals surface area contributed by atoms with Crippen LogP contribution in [0.25, 0.3) is 0 Å². The van der Waals surface area contributed by atoms with E-state index in [-0.39, 0.29) is 0 Å². The first kappa shape index (κ1) is 11.6. The minimum atomic E-state index is 0.522. The van der Waals surface area contributed by atoms with Gasteiger partial charge < -0.3 is 4.90 Å². The quantitative estimate of drug-likeness (QED) is 0.705. The Morgan fingerprint density at radius 3 is 2.88 bits per heavy atom. The van der Waals surface area contributed by atoms with Gasteiger partial charge in [-0.15, -0.1) is 0 Å². The largest absolute Gasteiger partial charge is 0.354 e. The third-order valence-electron chi connectivity index (χ3n) is 3.27. The molecule has 1 aromatic heterocycles. The fourth-order valence-electron chi connectivity index (χ4n) is 2.33. The molecule has 0 spiro atoms. The molecule has 3 nitrogen and oxygen atoms in total. The van der Waals surface area contributed by atoms with Gasteiger partial charge >= 0.3 is 0 Å². The SMILES string of the molecule is CC1CCCC(C)N(c2cc(Cl)ncn2)C1. The highest BCUT2D eigenvalue weighted by Crippen LogP contribution is 2.25. The Bertz CT molecular complexity index is 356. The van der Waals surface area contributed by atoms with Crippen molar-refractivity contribution in [1.82, 2.24) is 9.97 Å². The summed E-state index contributed by atoms with van der Waals surface area (Å²) in [5.74, 6) is 1.68. The van der Waals surface area contributed by atoms with Gasteiger partial charge in [-0.1, -0.05) is 24.9 Å². The van der Waals surface area contributed by atoms with E-state index in [1.165, 1.54) is 19.3 Å². The zero-order valence-corrected chi connectivity index (χ0v) is 10.6. The van der Waals surface area contributed by atoms with E-state index >= 15 is 0 Å². The predicted molar refractivity (Wildman–Crippen MR) is 66.9 cm³/mol. The summed E-state index contributed by atoms with van der Waals surface area (Å²) in [6.45, 7) is 5.62. The summed E-state index contributed by atoms with van der Waals surface area (Å²) in [7, 11) is 0. The van der Waals surface area contributed by atoms with Gasteiger partial charge in [0.2, 0.25) is 0 Å². The molecule has 2 rings (SSSR count). The average molecular weight is 240 g/mol. The first-order valence-corrected chi connectivity index (χ1v) is 6.29. The lowest BCUT2D eigenvalue weighted by atomic mass is 10.1. The lowest BCUT2D eigenvalue weighted by Crippen LogP contribution is -2.35. The van der Waals surface area contributed by atoms with E-state index in [4.69, 9.17) is 11.6 Å². The molecule has 0 amide bonds. The van der Waals surface area contributed by atoms with Gasteiger partial charge in [0.15, 0.2) is 0 Å². The van der Waals surface area contributed by atoms with Gasteiger partial charge in [0.1, 0.15) is 17.3 Å². The number of hydrogen-bond acceptors (Lipinski definition) is 3. The molecule has 0 N–H and O–H groups in total. The first-order valence-electron chi connectivity index (χ1n) is 5.91. The third kappa shape index (κ3) is 2.64. The monoisotopic (exact) mass is 239 g/mol. The number of rotatable bonds is 1. The summed E-state index contributed by atoms with van der Waals surface area (Å²) in [5, 5.41) is 0.522. The highest BCUT2D eigenvalue weighted by Gasteiger charge is 2.22. The molecule has 1 fully saturated rings. The summed E-state index contributed by atoms with van der Waals surface area (Å²) >= 11 is 5.91. The molecule has 16 heavy (non-hydrogen) atoms. The van der Waals surface area contributed by atoms with Crippen LogP contribution in [-0.2, 0) is 0 Å². The van der Waals surface area contributed by atoms with Crippen LogP contribution in [0.5, 0.6) is 0 Å². The Morgan fingerprint density at radius 1 is 1.31 bits per heavy atom. The molecule has 0 bridgehead atoms. The molecular weight excluding hydrogens is 222 g/mol. The molecule has 0 saturated carbocycles. The number of halogens is 1. The second-order valence-corrected chi connectivity index (χ2v) is 5.12. The fraction of sp³-hybridized carbons (Fsp3) is 0.667. The van der Waals surface area contributed by atoms with E-state index in [1.807, 2.05) is 6.07 Å². The zero-order valence-electron chi connectivity index (χ0n) is 9.86. The molecular formula is C12H18ClN3. The van der Waals surface area contributed by atoms with Crippen LogP contribution in [0.1, 0.15) is 33.1 Å². The van der Waals surface area contributed by atoms with E-state index in [0.29, 0.717) is 11.2 Å². The van der Waals surface area contributed by atoms with Crippen LogP contribution < -0.4 is 4.90 Å². The van der Waals surface area contributed by atoms with Gasteiger partial charge in [-0.25, -0.2) is 9.97 Å². The highest BCUT2D eigenvalue weighted by molar-refractivity contribution is 6.29. The van der Waals surface area contributed by atoms with Crippen molar-refractivity contribution in [3.8, 4) is 0 Å². The molecule has 0 aromatic carbocycles. The molecule has 2 atom stereocenters. The van der Waals surface area contributed by atoms with Crippen LogP contribution >= 0.6 is 11.6 Å². The summed E-state index contributed by atoms with van der Waals surface area (Å²) in [5.41, 5.74) is 0. The number of aromatic nitrogens is 2. The molecule has 1 aliphatic rings. The second kappa shape index (κ2) is 5.00. The minimum Gasteiger partial charge on any atom is -0.354 e. The van der Waals surface area contributed by atoms with E-state index < -0.39 is 0 Å². The molecule has 0 radical (unpaired) electrons. The van der Waals surface area contributed by atoms with Gasteiger partial charge in [0.05, 0.1) is 0 Å². The minimum absolute atomic E-state index is 0.522. The van der Waals surface area contributed by atoms with Gasteiger partial charge in [-0.2, -0.15) is 0 Å². The van der Waals surface area contributed by atoms with Crippen LogP contribution in [0.15, 0.2) is 12.4 Å². The lowest BCUT2D eigenvalue weighted by molar-refractivity contribution is 0.542. The highest BCUT2D eigenvalue weighted by atomic mass is 35.5. The standard InChI is InChI=1S/C12H18ClN3/c1-9-4-3-5-10(2)16(7-9)12-6-11(13)14-8-15-12/h6,8-10H,3-5,7H2,1-2H3. The molecule has 1 aliphatic heterocycles. The number of nitrogens with zero attached hydrogens (tertiary/aromatic N) is 3. The fourth-order valence-corrected chi connectivity index (χ4v) is 2.47. The van der Waals surface area contributed by atoms with Gasteiger partial charge in [-0.3, -0.25) is 0 Å². The van der Waals surface area contributed by atoms with Crippen LogP contribution in [0, 0.1) is 5.92 Å². The van der Waals surface area contributed by atoms with Gasteiger partial charge in [0.25, 0.3) is 0 Å². The zero-order chi connectivity index (χ0) is 11.5. The Morgan fingerprint density at radius 2 is 2.12 bits per heavy atom. The Labute approximate surface area is 102 Å². The average Bonchev–Trinajstić information content (AvgIpc) is 2.41. The molecule has 2 heterocycles. The van der Waals surface area contributed by atoms with Crippen LogP contribution in [0.3, 0.4) is 0 Å². The number of anilines is 1. The van der Waals surface area contributed by atoms with Crippen LogP contribution in [0.2, 0.25) is 5.15 Å². The lowest BCUT2D eigenvalue weighted by Gasteiger charge is -2.29. The maximum atomic E-state index is 5.91. The smallest absolute Gasteiger partial charge is 0.134 e. The normalized spacial score (nSPS) is 26.6.